The molecule has 0 aliphatic heterocycles. The molecule has 0 aromatic heterocycles. The lowest BCUT2D eigenvalue weighted by atomic mass is 10.1. The summed E-state index contributed by atoms with van der Waals surface area (Å²) in [4.78, 5) is 12.2. The highest BCUT2D eigenvalue weighted by Crippen LogP contribution is 2.21. The first-order chi connectivity index (χ1) is 13.3. The SMILES string of the molecule is CCOc1ccc(CCCNC(=O)CN(c2cccc(Cl)c2)S(C)(=O)=O)cc1. The molecule has 0 unspecified atom stereocenters. The Labute approximate surface area is 171 Å². The van der Waals surface area contributed by atoms with E-state index >= 15 is 0 Å². The molecule has 2 aromatic carbocycles. The van der Waals surface area contributed by atoms with Crippen molar-refractivity contribution >= 4 is 33.2 Å². The Bertz CT molecular complexity index is 885. The Morgan fingerprint density at radius 1 is 1.18 bits per heavy atom. The summed E-state index contributed by atoms with van der Waals surface area (Å²) < 4.78 is 30.6. The Hall–Kier alpha value is -2.25. The van der Waals surface area contributed by atoms with Crippen LogP contribution in [0.5, 0.6) is 5.75 Å². The van der Waals surface area contributed by atoms with E-state index < -0.39 is 10.0 Å². The number of amides is 1. The topological polar surface area (TPSA) is 75.7 Å². The molecule has 0 bridgehead atoms. The number of benzene rings is 2. The zero-order chi connectivity index (χ0) is 20.6. The van der Waals surface area contributed by atoms with E-state index in [0.717, 1.165) is 34.7 Å². The standard InChI is InChI=1S/C20H25ClN2O4S/c1-3-27-19-11-9-16(10-12-19)6-5-13-22-20(24)15-23(28(2,25)26)18-8-4-7-17(21)14-18/h4,7-12,14H,3,5-6,13,15H2,1-2H3,(H,22,24). The minimum absolute atomic E-state index is 0.289. The molecule has 1 N–H and O–H groups in total. The van der Waals surface area contributed by atoms with Crippen molar-refractivity contribution in [3.05, 3.63) is 59.1 Å². The third kappa shape index (κ3) is 7.05. The monoisotopic (exact) mass is 424 g/mol. The molecule has 0 aliphatic carbocycles. The van der Waals surface area contributed by atoms with E-state index in [1.165, 1.54) is 6.07 Å². The highest BCUT2D eigenvalue weighted by molar-refractivity contribution is 7.92. The van der Waals surface area contributed by atoms with Gasteiger partial charge in [0.05, 0.1) is 18.6 Å². The molecule has 0 atom stereocenters. The molecule has 0 aliphatic rings. The largest absolute Gasteiger partial charge is 0.494 e. The summed E-state index contributed by atoms with van der Waals surface area (Å²) in [5.41, 5.74) is 1.51. The second-order valence-corrected chi connectivity index (χ2v) is 8.62. The van der Waals surface area contributed by atoms with Gasteiger partial charge in [0, 0.05) is 11.6 Å². The molecule has 152 valence electrons. The zero-order valence-corrected chi connectivity index (χ0v) is 17.6. The van der Waals surface area contributed by atoms with Gasteiger partial charge in [-0.15, -0.1) is 0 Å². The molecular weight excluding hydrogens is 400 g/mol. The van der Waals surface area contributed by atoms with Crippen LogP contribution in [0.3, 0.4) is 0 Å². The highest BCUT2D eigenvalue weighted by Gasteiger charge is 2.20. The number of sulfonamides is 1. The Morgan fingerprint density at radius 2 is 1.89 bits per heavy atom. The first-order valence-electron chi connectivity index (χ1n) is 9.01. The van der Waals surface area contributed by atoms with Gasteiger partial charge in [-0.2, -0.15) is 0 Å². The summed E-state index contributed by atoms with van der Waals surface area (Å²) in [7, 11) is -3.61. The highest BCUT2D eigenvalue weighted by atomic mass is 35.5. The van der Waals surface area contributed by atoms with Gasteiger partial charge in [0.15, 0.2) is 0 Å². The fourth-order valence-electron chi connectivity index (χ4n) is 2.66. The molecule has 0 heterocycles. The van der Waals surface area contributed by atoms with E-state index in [2.05, 4.69) is 5.32 Å². The van der Waals surface area contributed by atoms with Gasteiger partial charge >= 0.3 is 0 Å². The minimum Gasteiger partial charge on any atom is -0.494 e. The molecule has 6 nitrogen and oxygen atoms in total. The van der Waals surface area contributed by atoms with Gasteiger partial charge < -0.3 is 10.1 Å². The van der Waals surface area contributed by atoms with Crippen LogP contribution in [0.4, 0.5) is 5.69 Å². The molecule has 2 rings (SSSR count). The number of nitrogens with one attached hydrogen (secondary N) is 1. The number of hydrogen-bond acceptors (Lipinski definition) is 4. The minimum atomic E-state index is -3.61. The van der Waals surface area contributed by atoms with Crippen LogP contribution in [0.1, 0.15) is 18.9 Å². The molecule has 0 saturated carbocycles. The summed E-state index contributed by atoms with van der Waals surface area (Å²) in [5, 5.41) is 3.17. The van der Waals surface area contributed by atoms with Crippen molar-refractivity contribution in [1.29, 1.82) is 0 Å². The number of nitrogens with zero attached hydrogens (tertiary/aromatic N) is 1. The van der Waals surface area contributed by atoms with Gasteiger partial charge in [-0.05, 0) is 55.7 Å². The van der Waals surface area contributed by atoms with Crippen LogP contribution in [0.15, 0.2) is 48.5 Å². The lowest BCUT2D eigenvalue weighted by Crippen LogP contribution is -2.40. The number of hydrogen-bond donors (Lipinski definition) is 1. The average molecular weight is 425 g/mol. The van der Waals surface area contributed by atoms with Gasteiger partial charge in [0.2, 0.25) is 15.9 Å². The van der Waals surface area contributed by atoms with Crippen molar-refractivity contribution < 1.29 is 17.9 Å². The maximum atomic E-state index is 12.2. The van der Waals surface area contributed by atoms with Crippen molar-refractivity contribution in [3.8, 4) is 5.75 Å². The van der Waals surface area contributed by atoms with E-state index in [-0.39, 0.29) is 12.5 Å². The van der Waals surface area contributed by atoms with E-state index in [4.69, 9.17) is 16.3 Å². The second-order valence-electron chi connectivity index (χ2n) is 6.28. The van der Waals surface area contributed by atoms with Crippen LogP contribution in [0.2, 0.25) is 5.02 Å². The molecule has 1 amide bonds. The van der Waals surface area contributed by atoms with E-state index in [1.807, 2.05) is 31.2 Å². The van der Waals surface area contributed by atoms with Gasteiger partial charge in [0.1, 0.15) is 12.3 Å². The van der Waals surface area contributed by atoms with Gasteiger partial charge in [-0.25, -0.2) is 8.42 Å². The van der Waals surface area contributed by atoms with Gasteiger partial charge in [-0.3, -0.25) is 9.10 Å². The number of aryl methyl sites for hydroxylation is 1. The van der Waals surface area contributed by atoms with E-state index in [0.29, 0.717) is 23.9 Å². The second kappa shape index (κ2) is 10.3. The predicted octanol–water partition coefficient (Wildman–Crippen LogP) is 3.25. The van der Waals surface area contributed by atoms with Crippen LogP contribution >= 0.6 is 11.6 Å². The number of ether oxygens (including phenoxy) is 1. The number of rotatable bonds is 10. The van der Waals surface area contributed by atoms with Crippen LogP contribution in [0, 0.1) is 0 Å². The van der Waals surface area contributed by atoms with Crippen LogP contribution < -0.4 is 14.4 Å². The van der Waals surface area contributed by atoms with E-state index in [9.17, 15) is 13.2 Å². The molecule has 0 radical (unpaired) electrons. The van der Waals surface area contributed by atoms with Gasteiger partial charge in [-0.1, -0.05) is 29.8 Å². The average Bonchev–Trinajstić information content (AvgIpc) is 2.64. The lowest BCUT2D eigenvalue weighted by Gasteiger charge is -2.22. The number of carbonyl (C=O) groups excluding carboxylic acids is 1. The number of halogens is 1. The Kier molecular flexibility index (Phi) is 8.14. The fraction of sp³-hybridized carbons (Fsp3) is 0.350. The maximum absolute atomic E-state index is 12.2. The fourth-order valence-corrected chi connectivity index (χ4v) is 3.69. The quantitative estimate of drug-likeness (QED) is 0.594. The van der Waals surface area contributed by atoms with Crippen LogP contribution in [-0.4, -0.2) is 40.3 Å². The molecule has 0 fully saturated rings. The maximum Gasteiger partial charge on any atom is 0.240 e. The van der Waals surface area contributed by atoms with Crippen molar-refractivity contribution in [2.75, 3.05) is 30.3 Å². The van der Waals surface area contributed by atoms with E-state index in [1.54, 1.807) is 18.2 Å². The first-order valence-corrected chi connectivity index (χ1v) is 11.2. The normalized spacial score (nSPS) is 11.1. The molecular formula is C20H25ClN2O4S. The molecule has 0 saturated heterocycles. The van der Waals surface area contributed by atoms with Crippen molar-refractivity contribution in [1.82, 2.24) is 5.32 Å². The molecule has 8 heteroatoms. The summed E-state index contributed by atoms with van der Waals surface area (Å²) in [6.45, 7) is 2.74. The van der Waals surface area contributed by atoms with Crippen molar-refractivity contribution in [2.24, 2.45) is 0 Å². The summed E-state index contributed by atoms with van der Waals surface area (Å²) >= 11 is 5.93. The number of anilines is 1. The molecule has 0 spiro atoms. The van der Waals surface area contributed by atoms with Crippen molar-refractivity contribution in [2.45, 2.75) is 19.8 Å². The third-order valence-electron chi connectivity index (χ3n) is 3.98. The van der Waals surface area contributed by atoms with Crippen molar-refractivity contribution in [3.63, 3.8) is 0 Å². The Balaban J connectivity index is 1.84. The van der Waals surface area contributed by atoms with Crippen LogP contribution in [-0.2, 0) is 21.2 Å². The third-order valence-corrected chi connectivity index (χ3v) is 5.36. The summed E-state index contributed by atoms with van der Waals surface area (Å²) in [6, 6.07) is 14.2. The Morgan fingerprint density at radius 3 is 2.50 bits per heavy atom. The number of carbonyl (C=O) groups is 1. The summed E-state index contributed by atoms with van der Waals surface area (Å²) in [6.07, 6.45) is 2.61. The molecule has 2 aromatic rings. The zero-order valence-electron chi connectivity index (χ0n) is 16.0. The lowest BCUT2D eigenvalue weighted by molar-refractivity contribution is -0.119. The molecule has 28 heavy (non-hydrogen) atoms. The van der Waals surface area contributed by atoms with Crippen LogP contribution in [0.25, 0.3) is 0 Å². The smallest absolute Gasteiger partial charge is 0.240 e. The predicted molar refractivity (Wildman–Crippen MR) is 113 cm³/mol. The van der Waals surface area contributed by atoms with Gasteiger partial charge in [0.25, 0.3) is 0 Å². The summed E-state index contributed by atoms with van der Waals surface area (Å²) in [5.74, 6) is 0.471. The first kappa shape index (κ1) is 22.0.